The minimum absolute atomic E-state index is 0.178. The van der Waals surface area contributed by atoms with Crippen LogP contribution in [0, 0.1) is 5.82 Å². The molecule has 8 heteroatoms. The molecule has 2 unspecified atom stereocenters. The van der Waals surface area contributed by atoms with E-state index in [2.05, 4.69) is 20.7 Å². The van der Waals surface area contributed by atoms with Crippen LogP contribution in [-0.2, 0) is 20.8 Å². The van der Waals surface area contributed by atoms with Crippen molar-refractivity contribution in [3.05, 3.63) is 28.5 Å². The highest BCUT2D eigenvalue weighted by atomic mass is 79.9. The van der Waals surface area contributed by atoms with E-state index in [1.807, 2.05) is 0 Å². The molecule has 18 heavy (non-hydrogen) atoms. The summed E-state index contributed by atoms with van der Waals surface area (Å²) in [6.45, 7) is 1.58. The molecule has 0 fully saturated rings. The molecule has 0 aliphatic rings. The zero-order chi connectivity index (χ0) is 13.9. The average molecular weight is 358 g/mol. The van der Waals surface area contributed by atoms with Gasteiger partial charge in [0, 0.05) is 33.3 Å². The second-order valence-corrected chi connectivity index (χ2v) is 7.91. The van der Waals surface area contributed by atoms with Crippen molar-refractivity contribution < 1.29 is 17.0 Å². The number of nitrogens with one attached hydrogen (secondary N) is 1. The van der Waals surface area contributed by atoms with Crippen molar-refractivity contribution in [3.63, 3.8) is 0 Å². The topological polar surface area (TPSA) is 63.2 Å². The number of rotatable bonds is 5. The molecule has 1 rings (SSSR count). The summed E-state index contributed by atoms with van der Waals surface area (Å²) < 4.78 is 51.1. The Hall–Kier alpha value is -0.310. The van der Waals surface area contributed by atoms with Crippen molar-refractivity contribution in [2.45, 2.75) is 17.9 Å². The maximum absolute atomic E-state index is 13.5. The van der Waals surface area contributed by atoms with Gasteiger partial charge in [0.05, 0.1) is 0 Å². The normalized spacial score (nSPS) is 15.3. The molecule has 0 bridgehead atoms. The fourth-order valence-electron chi connectivity index (χ4n) is 1.41. The molecule has 0 heterocycles. The largest absolute Gasteiger partial charge is 0.260 e. The summed E-state index contributed by atoms with van der Waals surface area (Å²) in [5.41, 5.74) is 0. The van der Waals surface area contributed by atoms with Gasteiger partial charge in [-0.2, -0.15) is 0 Å². The van der Waals surface area contributed by atoms with E-state index in [1.165, 1.54) is 18.4 Å². The van der Waals surface area contributed by atoms with Crippen LogP contribution in [0.5, 0.6) is 0 Å². The highest BCUT2D eigenvalue weighted by Crippen LogP contribution is 2.19. The molecule has 0 aliphatic heterocycles. The predicted octanol–water partition coefficient (Wildman–Crippen LogP) is 1.63. The van der Waals surface area contributed by atoms with Gasteiger partial charge >= 0.3 is 0 Å². The van der Waals surface area contributed by atoms with Crippen LogP contribution < -0.4 is 4.72 Å². The molecule has 4 nitrogen and oxygen atoms in total. The lowest BCUT2D eigenvalue weighted by molar-refractivity contribution is 0.549. The van der Waals surface area contributed by atoms with Gasteiger partial charge < -0.3 is 0 Å². The SMILES string of the molecule is CC(CS(C)=O)NS(=O)(=O)c1ccc(Br)cc1F. The molecule has 0 radical (unpaired) electrons. The second-order valence-electron chi connectivity index (χ2n) is 3.84. The summed E-state index contributed by atoms with van der Waals surface area (Å²) in [7, 11) is -5.06. The molecule has 1 N–H and O–H groups in total. The molecule has 0 amide bonds. The van der Waals surface area contributed by atoms with E-state index in [4.69, 9.17) is 0 Å². The van der Waals surface area contributed by atoms with Gasteiger partial charge in [-0.05, 0) is 25.1 Å². The molecule has 0 spiro atoms. The first-order valence-electron chi connectivity index (χ1n) is 5.00. The van der Waals surface area contributed by atoms with Crippen molar-refractivity contribution in [2.75, 3.05) is 12.0 Å². The van der Waals surface area contributed by atoms with Crippen molar-refractivity contribution in [2.24, 2.45) is 0 Å². The van der Waals surface area contributed by atoms with Crippen molar-refractivity contribution >= 4 is 36.8 Å². The zero-order valence-corrected chi connectivity index (χ0v) is 13.0. The fourth-order valence-corrected chi connectivity index (χ4v) is 3.94. The summed E-state index contributed by atoms with van der Waals surface area (Å²) in [5.74, 6) is -0.654. The van der Waals surface area contributed by atoms with Crippen LogP contribution >= 0.6 is 15.9 Å². The van der Waals surface area contributed by atoms with Gasteiger partial charge in [-0.1, -0.05) is 15.9 Å². The van der Waals surface area contributed by atoms with Crippen molar-refractivity contribution in [1.82, 2.24) is 4.72 Å². The lowest BCUT2D eigenvalue weighted by Crippen LogP contribution is -2.36. The fraction of sp³-hybridized carbons (Fsp3) is 0.400. The monoisotopic (exact) mass is 357 g/mol. The molecular formula is C10H13BrFNO3S2. The highest BCUT2D eigenvalue weighted by Gasteiger charge is 2.21. The van der Waals surface area contributed by atoms with Crippen LogP contribution in [0.25, 0.3) is 0 Å². The van der Waals surface area contributed by atoms with Crippen LogP contribution in [-0.4, -0.2) is 30.7 Å². The smallest absolute Gasteiger partial charge is 0.243 e. The van der Waals surface area contributed by atoms with Gasteiger partial charge in [0.1, 0.15) is 10.7 Å². The third-order valence-corrected chi connectivity index (χ3v) is 5.11. The van der Waals surface area contributed by atoms with E-state index in [1.54, 1.807) is 6.92 Å². The number of hydrogen-bond donors (Lipinski definition) is 1. The second kappa shape index (κ2) is 6.23. The Morgan fingerprint density at radius 1 is 1.50 bits per heavy atom. The number of hydrogen-bond acceptors (Lipinski definition) is 3. The molecule has 0 aliphatic carbocycles. The third-order valence-electron chi connectivity index (χ3n) is 2.02. The van der Waals surface area contributed by atoms with Crippen LogP contribution in [0.15, 0.2) is 27.6 Å². The number of halogens is 2. The molecule has 0 aromatic heterocycles. The van der Waals surface area contributed by atoms with Gasteiger partial charge in [0.15, 0.2) is 0 Å². The third kappa shape index (κ3) is 4.42. The number of benzene rings is 1. The Morgan fingerprint density at radius 3 is 2.61 bits per heavy atom. The van der Waals surface area contributed by atoms with Gasteiger partial charge in [-0.25, -0.2) is 17.5 Å². The van der Waals surface area contributed by atoms with Gasteiger partial charge in [-0.15, -0.1) is 0 Å². The molecule has 0 saturated heterocycles. The Labute approximate surface area is 117 Å². The summed E-state index contributed by atoms with van der Waals surface area (Å²) >= 11 is 3.05. The molecular weight excluding hydrogens is 345 g/mol. The van der Waals surface area contributed by atoms with E-state index >= 15 is 0 Å². The minimum atomic E-state index is -3.93. The molecule has 0 saturated carbocycles. The van der Waals surface area contributed by atoms with E-state index in [-0.39, 0.29) is 5.75 Å². The summed E-state index contributed by atoms with van der Waals surface area (Å²) in [6, 6.07) is 3.18. The highest BCUT2D eigenvalue weighted by molar-refractivity contribution is 9.10. The Balaban J connectivity index is 2.96. The molecule has 1 aromatic rings. The Bertz CT molecular complexity index is 562. The minimum Gasteiger partial charge on any atom is -0.260 e. The first kappa shape index (κ1) is 15.7. The lowest BCUT2D eigenvalue weighted by Gasteiger charge is -2.13. The predicted molar refractivity (Wildman–Crippen MR) is 72.8 cm³/mol. The summed E-state index contributed by atoms with van der Waals surface area (Å²) in [5, 5.41) is 0. The summed E-state index contributed by atoms with van der Waals surface area (Å²) in [6.07, 6.45) is 1.48. The van der Waals surface area contributed by atoms with Crippen molar-refractivity contribution in [1.29, 1.82) is 0 Å². The molecule has 2 atom stereocenters. The quantitative estimate of drug-likeness (QED) is 0.870. The van der Waals surface area contributed by atoms with Crippen LogP contribution in [0.4, 0.5) is 4.39 Å². The van der Waals surface area contributed by atoms with Crippen LogP contribution in [0.3, 0.4) is 0 Å². The number of sulfonamides is 1. The first-order chi connectivity index (χ1) is 8.22. The summed E-state index contributed by atoms with van der Waals surface area (Å²) in [4.78, 5) is -0.417. The molecule has 102 valence electrons. The van der Waals surface area contributed by atoms with E-state index < -0.39 is 37.6 Å². The Morgan fingerprint density at radius 2 is 2.11 bits per heavy atom. The first-order valence-corrected chi connectivity index (χ1v) is 9.00. The maximum atomic E-state index is 13.5. The van der Waals surface area contributed by atoms with Gasteiger partial charge in [-0.3, -0.25) is 4.21 Å². The zero-order valence-electron chi connectivity index (χ0n) is 9.81. The van der Waals surface area contributed by atoms with Crippen molar-refractivity contribution in [3.8, 4) is 0 Å². The van der Waals surface area contributed by atoms with E-state index in [0.717, 1.165) is 6.07 Å². The average Bonchev–Trinajstić information content (AvgIpc) is 2.13. The van der Waals surface area contributed by atoms with Gasteiger partial charge in [0.2, 0.25) is 10.0 Å². The Kier molecular flexibility index (Phi) is 5.45. The van der Waals surface area contributed by atoms with Crippen LogP contribution in [0.1, 0.15) is 6.92 Å². The van der Waals surface area contributed by atoms with E-state index in [0.29, 0.717) is 4.47 Å². The van der Waals surface area contributed by atoms with Gasteiger partial charge in [0.25, 0.3) is 0 Å². The standard InChI is InChI=1S/C10H13BrFNO3S2/c1-7(6-17(2)14)13-18(15,16)10-4-3-8(11)5-9(10)12/h3-5,7,13H,6H2,1-2H3. The van der Waals surface area contributed by atoms with Crippen LogP contribution in [0.2, 0.25) is 0 Å². The van der Waals surface area contributed by atoms with E-state index in [9.17, 15) is 17.0 Å². The lowest BCUT2D eigenvalue weighted by atomic mass is 10.3. The maximum Gasteiger partial charge on any atom is 0.243 e. The molecule has 1 aromatic carbocycles.